The SMILES string of the molecule is CCNC(=NCc1cccc(C)c1)NC(C)COC. The van der Waals surface area contributed by atoms with Gasteiger partial charge in [-0.3, -0.25) is 0 Å². The molecule has 1 rings (SSSR count). The van der Waals surface area contributed by atoms with Crippen LogP contribution < -0.4 is 10.6 Å². The number of guanidine groups is 1. The Morgan fingerprint density at radius 3 is 2.84 bits per heavy atom. The largest absolute Gasteiger partial charge is 0.383 e. The summed E-state index contributed by atoms with van der Waals surface area (Å²) in [5, 5.41) is 6.56. The summed E-state index contributed by atoms with van der Waals surface area (Å²) >= 11 is 0. The Balaban J connectivity index is 2.62. The number of methoxy groups -OCH3 is 1. The highest BCUT2D eigenvalue weighted by Crippen LogP contribution is 2.05. The fourth-order valence-electron chi connectivity index (χ4n) is 1.83. The van der Waals surface area contributed by atoms with Crippen molar-refractivity contribution in [2.45, 2.75) is 33.4 Å². The normalized spacial score (nSPS) is 13.2. The summed E-state index contributed by atoms with van der Waals surface area (Å²) in [5.74, 6) is 0.827. The van der Waals surface area contributed by atoms with Crippen LogP contribution in [0.5, 0.6) is 0 Å². The molecule has 0 aliphatic rings. The number of hydrogen-bond donors (Lipinski definition) is 2. The fourth-order valence-corrected chi connectivity index (χ4v) is 1.83. The number of aryl methyl sites for hydroxylation is 1. The number of aliphatic imine (C=N–C) groups is 1. The molecule has 0 fully saturated rings. The molecule has 4 heteroatoms. The van der Waals surface area contributed by atoms with Crippen molar-refractivity contribution in [2.75, 3.05) is 20.3 Å². The molecule has 0 saturated heterocycles. The molecule has 0 spiro atoms. The van der Waals surface area contributed by atoms with E-state index in [1.807, 2.05) is 0 Å². The van der Waals surface area contributed by atoms with Crippen molar-refractivity contribution in [1.82, 2.24) is 10.6 Å². The van der Waals surface area contributed by atoms with Crippen molar-refractivity contribution in [2.24, 2.45) is 4.99 Å². The first-order chi connectivity index (χ1) is 9.15. The minimum Gasteiger partial charge on any atom is -0.383 e. The van der Waals surface area contributed by atoms with Gasteiger partial charge in [0.2, 0.25) is 0 Å². The highest BCUT2D eigenvalue weighted by Gasteiger charge is 2.04. The number of nitrogens with one attached hydrogen (secondary N) is 2. The van der Waals surface area contributed by atoms with Gasteiger partial charge >= 0.3 is 0 Å². The average molecular weight is 263 g/mol. The van der Waals surface area contributed by atoms with Gasteiger partial charge in [0.15, 0.2) is 5.96 Å². The topological polar surface area (TPSA) is 45.7 Å². The van der Waals surface area contributed by atoms with Gasteiger partial charge in [-0.15, -0.1) is 0 Å². The molecule has 0 aliphatic carbocycles. The first kappa shape index (κ1) is 15.5. The minimum atomic E-state index is 0.236. The highest BCUT2D eigenvalue weighted by molar-refractivity contribution is 5.80. The quantitative estimate of drug-likeness (QED) is 0.610. The van der Waals surface area contributed by atoms with E-state index in [0.29, 0.717) is 13.2 Å². The standard InChI is InChI=1S/C15H25N3O/c1-5-16-15(18-13(3)11-19-4)17-10-14-8-6-7-12(2)9-14/h6-9,13H,5,10-11H2,1-4H3,(H2,16,17,18). The van der Waals surface area contributed by atoms with Crippen molar-refractivity contribution in [3.05, 3.63) is 35.4 Å². The summed E-state index contributed by atoms with van der Waals surface area (Å²) in [6.07, 6.45) is 0. The van der Waals surface area contributed by atoms with E-state index >= 15 is 0 Å². The smallest absolute Gasteiger partial charge is 0.191 e. The van der Waals surface area contributed by atoms with Crippen LogP contribution in [0.2, 0.25) is 0 Å². The number of rotatable bonds is 6. The van der Waals surface area contributed by atoms with Gasteiger partial charge in [0.25, 0.3) is 0 Å². The predicted octanol–water partition coefficient (Wildman–Crippen LogP) is 2.09. The second kappa shape index (κ2) is 8.53. The van der Waals surface area contributed by atoms with Gasteiger partial charge in [-0.05, 0) is 26.3 Å². The third-order valence-corrected chi connectivity index (χ3v) is 2.65. The molecule has 4 nitrogen and oxygen atoms in total. The van der Waals surface area contributed by atoms with Crippen LogP contribution in [0.15, 0.2) is 29.3 Å². The maximum Gasteiger partial charge on any atom is 0.191 e. The highest BCUT2D eigenvalue weighted by atomic mass is 16.5. The molecule has 0 radical (unpaired) electrons. The van der Waals surface area contributed by atoms with Gasteiger partial charge < -0.3 is 15.4 Å². The van der Waals surface area contributed by atoms with E-state index in [1.54, 1.807) is 7.11 Å². The van der Waals surface area contributed by atoms with Gasteiger partial charge in [0.1, 0.15) is 0 Å². The van der Waals surface area contributed by atoms with E-state index in [1.165, 1.54) is 11.1 Å². The average Bonchev–Trinajstić information content (AvgIpc) is 2.36. The molecular formula is C15H25N3O. The van der Waals surface area contributed by atoms with E-state index in [2.05, 4.69) is 60.7 Å². The van der Waals surface area contributed by atoms with E-state index in [-0.39, 0.29) is 6.04 Å². The molecule has 0 amide bonds. The molecular weight excluding hydrogens is 238 g/mol. The molecule has 0 saturated carbocycles. The monoisotopic (exact) mass is 263 g/mol. The first-order valence-corrected chi connectivity index (χ1v) is 6.75. The molecule has 1 aromatic carbocycles. The zero-order chi connectivity index (χ0) is 14.1. The lowest BCUT2D eigenvalue weighted by Crippen LogP contribution is -2.43. The molecule has 1 atom stereocenters. The maximum absolute atomic E-state index is 5.12. The summed E-state index contributed by atoms with van der Waals surface area (Å²) in [7, 11) is 1.70. The van der Waals surface area contributed by atoms with Crippen molar-refractivity contribution in [3.8, 4) is 0 Å². The van der Waals surface area contributed by atoms with Gasteiger partial charge in [0, 0.05) is 19.7 Å². The maximum atomic E-state index is 5.12. The van der Waals surface area contributed by atoms with Crippen LogP contribution in [0.1, 0.15) is 25.0 Å². The summed E-state index contributed by atoms with van der Waals surface area (Å²) in [6, 6.07) is 8.65. The van der Waals surface area contributed by atoms with Crippen LogP contribution in [-0.2, 0) is 11.3 Å². The second-order valence-electron chi connectivity index (χ2n) is 4.68. The number of hydrogen-bond acceptors (Lipinski definition) is 2. The van der Waals surface area contributed by atoms with E-state index in [4.69, 9.17) is 4.74 Å². The zero-order valence-corrected chi connectivity index (χ0v) is 12.4. The Hall–Kier alpha value is -1.55. The molecule has 1 aromatic rings. The van der Waals surface area contributed by atoms with Crippen molar-refractivity contribution < 1.29 is 4.74 Å². The molecule has 19 heavy (non-hydrogen) atoms. The minimum absolute atomic E-state index is 0.236. The zero-order valence-electron chi connectivity index (χ0n) is 12.4. The van der Waals surface area contributed by atoms with Crippen LogP contribution in [0.4, 0.5) is 0 Å². The molecule has 1 unspecified atom stereocenters. The molecule has 0 heterocycles. The van der Waals surface area contributed by atoms with Crippen molar-refractivity contribution in [1.29, 1.82) is 0 Å². The lowest BCUT2D eigenvalue weighted by molar-refractivity contribution is 0.179. The van der Waals surface area contributed by atoms with Gasteiger partial charge in [-0.2, -0.15) is 0 Å². The van der Waals surface area contributed by atoms with Crippen molar-refractivity contribution >= 4 is 5.96 Å². The third kappa shape index (κ3) is 6.25. The van der Waals surface area contributed by atoms with Gasteiger partial charge in [0.05, 0.1) is 13.2 Å². The van der Waals surface area contributed by atoms with Gasteiger partial charge in [-0.1, -0.05) is 29.8 Å². The Morgan fingerprint density at radius 2 is 2.21 bits per heavy atom. The lowest BCUT2D eigenvalue weighted by atomic mass is 10.1. The molecule has 106 valence electrons. The molecule has 0 aromatic heterocycles. The summed E-state index contributed by atoms with van der Waals surface area (Å²) < 4.78 is 5.12. The van der Waals surface area contributed by atoms with Crippen LogP contribution in [0.3, 0.4) is 0 Å². The second-order valence-corrected chi connectivity index (χ2v) is 4.68. The lowest BCUT2D eigenvalue weighted by Gasteiger charge is -2.17. The Morgan fingerprint density at radius 1 is 1.42 bits per heavy atom. The summed E-state index contributed by atoms with van der Waals surface area (Å²) in [4.78, 5) is 4.59. The molecule has 0 aliphatic heterocycles. The number of benzene rings is 1. The molecule has 0 bridgehead atoms. The fraction of sp³-hybridized carbons (Fsp3) is 0.533. The van der Waals surface area contributed by atoms with E-state index in [9.17, 15) is 0 Å². The van der Waals surface area contributed by atoms with Crippen LogP contribution in [0, 0.1) is 6.92 Å². The van der Waals surface area contributed by atoms with Crippen LogP contribution in [-0.4, -0.2) is 32.3 Å². The third-order valence-electron chi connectivity index (χ3n) is 2.65. The van der Waals surface area contributed by atoms with Crippen LogP contribution in [0.25, 0.3) is 0 Å². The Labute approximate surface area is 116 Å². The van der Waals surface area contributed by atoms with E-state index < -0.39 is 0 Å². The van der Waals surface area contributed by atoms with Crippen LogP contribution >= 0.6 is 0 Å². The van der Waals surface area contributed by atoms with E-state index in [0.717, 1.165) is 12.5 Å². The number of ether oxygens (including phenoxy) is 1. The Kier molecular flexibility index (Phi) is 6.97. The predicted molar refractivity (Wildman–Crippen MR) is 80.5 cm³/mol. The Bertz CT molecular complexity index is 404. The van der Waals surface area contributed by atoms with Crippen molar-refractivity contribution in [3.63, 3.8) is 0 Å². The summed E-state index contributed by atoms with van der Waals surface area (Å²) in [6.45, 7) is 8.41. The first-order valence-electron chi connectivity index (χ1n) is 6.75. The summed E-state index contributed by atoms with van der Waals surface area (Å²) in [5.41, 5.74) is 2.48. The molecule has 2 N–H and O–H groups in total. The van der Waals surface area contributed by atoms with Gasteiger partial charge in [-0.25, -0.2) is 4.99 Å². The number of nitrogens with zero attached hydrogens (tertiary/aromatic N) is 1.